The molecule has 0 aliphatic carbocycles. The average molecular weight is 372 g/mol. The zero-order valence-corrected chi connectivity index (χ0v) is 14.7. The molecule has 0 spiro atoms. The number of aromatic nitrogens is 2. The van der Waals surface area contributed by atoms with E-state index in [1.54, 1.807) is 24.3 Å². The van der Waals surface area contributed by atoms with E-state index >= 15 is 0 Å². The molecule has 0 aliphatic heterocycles. The maximum Gasteiger partial charge on any atom is 0.124 e. The number of nitriles is 1. The van der Waals surface area contributed by atoms with Gasteiger partial charge in [0, 0.05) is 20.5 Å². The minimum Gasteiger partial charge on any atom is -0.197 e. The molecule has 2 aromatic carbocycles. The fraction of sp³-hybridized carbons (Fsp3) is 0.0556. The van der Waals surface area contributed by atoms with Crippen LogP contribution in [0.2, 0.25) is 10.0 Å². The topological polar surface area (TPSA) is 49.6 Å². The van der Waals surface area contributed by atoms with Gasteiger partial charge in [-0.2, -0.15) is 10.4 Å². The second-order valence-electron chi connectivity index (χ2n) is 4.91. The molecule has 3 aromatic rings. The summed E-state index contributed by atoms with van der Waals surface area (Å²) in [6.45, 7) is 0. The highest BCUT2D eigenvalue weighted by Crippen LogP contribution is 2.35. The van der Waals surface area contributed by atoms with Crippen molar-refractivity contribution in [1.29, 1.82) is 5.26 Å². The van der Waals surface area contributed by atoms with Crippen molar-refractivity contribution in [1.82, 2.24) is 10.2 Å². The predicted octanol–water partition coefficient (Wildman–Crippen LogP) is 5.59. The quantitative estimate of drug-likeness (QED) is 0.599. The Hall–Kier alpha value is -2.06. The molecule has 1 aromatic heterocycles. The van der Waals surface area contributed by atoms with Crippen molar-refractivity contribution in [3.8, 4) is 6.07 Å². The van der Waals surface area contributed by atoms with Gasteiger partial charge >= 0.3 is 0 Å². The summed E-state index contributed by atoms with van der Waals surface area (Å²) in [5.41, 5.74) is 1.08. The lowest BCUT2D eigenvalue weighted by molar-refractivity contribution is 0.837. The van der Waals surface area contributed by atoms with Crippen LogP contribution < -0.4 is 0 Å². The van der Waals surface area contributed by atoms with Crippen molar-refractivity contribution in [2.75, 3.05) is 0 Å². The van der Waals surface area contributed by atoms with Crippen LogP contribution in [0.25, 0.3) is 0 Å². The smallest absolute Gasteiger partial charge is 0.124 e. The standard InChI is InChI=1S/C18H11Cl2N3S/c19-14-7-4-8-15(20)18(14)13(11-21)16-9-10-17(23-22-16)24-12-5-2-1-3-6-12/h1-10,13H/t13-/m0/s1. The first-order valence-electron chi connectivity index (χ1n) is 7.09. The van der Waals surface area contributed by atoms with E-state index in [0.29, 0.717) is 21.3 Å². The first-order chi connectivity index (χ1) is 11.7. The summed E-state index contributed by atoms with van der Waals surface area (Å²) < 4.78 is 0. The highest BCUT2D eigenvalue weighted by Gasteiger charge is 2.21. The molecule has 0 bridgehead atoms. The van der Waals surface area contributed by atoms with Crippen LogP contribution >= 0.6 is 35.0 Å². The molecule has 24 heavy (non-hydrogen) atoms. The number of rotatable bonds is 4. The third kappa shape index (κ3) is 3.70. The predicted molar refractivity (Wildman–Crippen MR) is 96.5 cm³/mol. The van der Waals surface area contributed by atoms with Crippen molar-refractivity contribution < 1.29 is 0 Å². The van der Waals surface area contributed by atoms with E-state index in [-0.39, 0.29) is 0 Å². The minimum atomic E-state index is -0.658. The van der Waals surface area contributed by atoms with Crippen molar-refractivity contribution in [3.63, 3.8) is 0 Å². The van der Waals surface area contributed by atoms with Gasteiger partial charge in [-0.05, 0) is 36.4 Å². The maximum absolute atomic E-state index is 9.55. The van der Waals surface area contributed by atoms with Crippen LogP contribution in [-0.2, 0) is 0 Å². The largest absolute Gasteiger partial charge is 0.197 e. The van der Waals surface area contributed by atoms with E-state index in [1.165, 1.54) is 11.8 Å². The molecular formula is C18H11Cl2N3S. The number of nitrogens with zero attached hydrogens (tertiary/aromatic N) is 3. The lowest BCUT2D eigenvalue weighted by Crippen LogP contribution is -2.04. The van der Waals surface area contributed by atoms with E-state index in [0.717, 1.165) is 9.92 Å². The van der Waals surface area contributed by atoms with Crippen molar-refractivity contribution in [2.24, 2.45) is 0 Å². The lowest BCUT2D eigenvalue weighted by Gasteiger charge is -2.12. The first kappa shape index (κ1) is 16.8. The molecule has 0 saturated carbocycles. The van der Waals surface area contributed by atoms with Gasteiger partial charge in [-0.25, -0.2) is 0 Å². The molecule has 0 fully saturated rings. The van der Waals surface area contributed by atoms with E-state index in [2.05, 4.69) is 16.3 Å². The highest BCUT2D eigenvalue weighted by molar-refractivity contribution is 7.99. The molecular weight excluding hydrogens is 361 g/mol. The van der Waals surface area contributed by atoms with Gasteiger partial charge < -0.3 is 0 Å². The Kier molecular flexibility index (Phi) is 5.37. The molecule has 0 aliphatic rings. The number of hydrogen-bond acceptors (Lipinski definition) is 4. The number of benzene rings is 2. The Bertz CT molecular complexity index is 857. The number of halogens is 2. The van der Waals surface area contributed by atoms with Gasteiger partial charge in [-0.3, -0.25) is 0 Å². The minimum absolute atomic E-state index is 0.443. The molecule has 6 heteroatoms. The van der Waals surface area contributed by atoms with Crippen molar-refractivity contribution in [2.45, 2.75) is 15.8 Å². The molecule has 1 atom stereocenters. The summed E-state index contributed by atoms with van der Waals surface area (Å²) in [6.07, 6.45) is 0. The normalized spacial score (nSPS) is 11.7. The second kappa shape index (κ2) is 7.67. The Balaban J connectivity index is 1.88. The first-order valence-corrected chi connectivity index (χ1v) is 8.66. The van der Waals surface area contributed by atoms with Gasteiger partial charge in [0.15, 0.2) is 0 Å². The molecule has 0 radical (unpaired) electrons. The summed E-state index contributed by atoms with van der Waals surface area (Å²) in [5.74, 6) is -0.658. The zero-order chi connectivity index (χ0) is 16.9. The summed E-state index contributed by atoms with van der Waals surface area (Å²) in [5, 5.41) is 19.6. The lowest BCUT2D eigenvalue weighted by atomic mass is 9.97. The number of hydrogen-bond donors (Lipinski definition) is 0. The SMILES string of the molecule is N#C[C@@H](c1ccc(Sc2ccccc2)nn1)c1c(Cl)cccc1Cl. The van der Waals surface area contributed by atoms with E-state index < -0.39 is 5.92 Å². The van der Waals surface area contributed by atoms with Crippen molar-refractivity contribution in [3.05, 3.63) is 82.0 Å². The van der Waals surface area contributed by atoms with Crippen molar-refractivity contribution >= 4 is 35.0 Å². The molecule has 3 rings (SSSR count). The van der Waals surface area contributed by atoms with Crippen LogP contribution in [0.5, 0.6) is 0 Å². The van der Waals surface area contributed by atoms with Gasteiger partial charge in [0.1, 0.15) is 10.9 Å². The summed E-state index contributed by atoms with van der Waals surface area (Å²) >= 11 is 13.9. The third-order valence-corrected chi connectivity index (χ3v) is 4.93. The summed E-state index contributed by atoms with van der Waals surface area (Å²) in [7, 11) is 0. The van der Waals surface area contributed by atoms with Crippen LogP contribution in [0.3, 0.4) is 0 Å². The van der Waals surface area contributed by atoms with Gasteiger partial charge in [0.05, 0.1) is 11.8 Å². The van der Waals surface area contributed by atoms with Crippen LogP contribution in [-0.4, -0.2) is 10.2 Å². The Morgan fingerprint density at radius 1 is 0.875 bits per heavy atom. The van der Waals surface area contributed by atoms with Gasteiger partial charge in [0.2, 0.25) is 0 Å². The van der Waals surface area contributed by atoms with Crippen LogP contribution in [0.1, 0.15) is 17.2 Å². The highest BCUT2D eigenvalue weighted by atomic mass is 35.5. The Morgan fingerprint density at radius 2 is 1.58 bits per heavy atom. The van der Waals surface area contributed by atoms with Crippen LogP contribution in [0.4, 0.5) is 0 Å². The monoisotopic (exact) mass is 371 g/mol. The summed E-state index contributed by atoms with van der Waals surface area (Å²) in [4.78, 5) is 1.07. The molecule has 0 N–H and O–H groups in total. The maximum atomic E-state index is 9.55. The fourth-order valence-corrected chi connectivity index (χ4v) is 3.58. The van der Waals surface area contributed by atoms with E-state index in [1.807, 2.05) is 36.4 Å². The summed E-state index contributed by atoms with van der Waals surface area (Å²) in [6, 6.07) is 20.9. The van der Waals surface area contributed by atoms with Crippen LogP contribution in [0, 0.1) is 11.3 Å². The van der Waals surface area contributed by atoms with Gasteiger partial charge in [-0.1, -0.05) is 59.2 Å². The molecule has 3 nitrogen and oxygen atoms in total. The van der Waals surface area contributed by atoms with Crippen LogP contribution in [0.15, 0.2) is 70.6 Å². The molecule has 1 heterocycles. The van der Waals surface area contributed by atoms with Gasteiger partial charge in [-0.15, -0.1) is 5.10 Å². The Morgan fingerprint density at radius 3 is 2.17 bits per heavy atom. The van der Waals surface area contributed by atoms with Gasteiger partial charge in [0.25, 0.3) is 0 Å². The van der Waals surface area contributed by atoms with E-state index in [9.17, 15) is 5.26 Å². The third-order valence-electron chi connectivity index (χ3n) is 3.34. The molecule has 0 amide bonds. The fourth-order valence-electron chi connectivity index (χ4n) is 2.21. The average Bonchev–Trinajstić information content (AvgIpc) is 2.60. The molecule has 118 valence electrons. The Labute approximate surface area is 154 Å². The second-order valence-corrected chi connectivity index (χ2v) is 6.82. The molecule has 0 saturated heterocycles. The van der Waals surface area contributed by atoms with E-state index in [4.69, 9.17) is 23.2 Å². The zero-order valence-electron chi connectivity index (χ0n) is 12.4. The molecule has 0 unspecified atom stereocenters.